The van der Waals surface area contributed by atoms with Gasteiger partial charge in [0.2, 0.25) is 0 Å². The van der Waals surface area contributed by atoms with E-state index >= 15 is 0 Å². The molecule has 1 aliphatic heterocycles. The Labute approximate surface area is 311 Å². The number of anilines is 3. The van der Waals surface area contributed by atoms with Crippen LogP contribution in [0.1, 0.15) is 25.0 Å². The first-order valence-corrected chi connectivity index (χ1v) is 18.3. The molecule has 252 valence electrons. The quantitative estimate of drug-likeness (QED) is 0.180. The van der Waals surface area contributed by atoms with E-state index in [-0.39, 0.29) is 5.41 Å². The van der Waals surface area contributed by atoms with Crippen LogP contribution in [0.4, 0.5) is 17.1 Å². The minimum Gasteiger partial charge on any atom is -0.456 e. The Kier molecular flexibility index (Phi) is 7.19. The molecule has 2 heteroatoms. The lowest BCUT2D eigenvalue weighted by Crippen LogP contribution is -2.17. The zero-order valence-corrected chi connectivity index (χ0v) is 29.8. The average Bonchev–Trinajstić information content (AvgIpc) is 3.34. The van der Waals surface area contributed by atoms with Crippen LogP contribution in [-0.2, 0) is 5.41 Å². The Morgan fingerprint density at radius 1 is 0.377 bits per heavy atom. The van der Waals surface area contributed by atoms with Crippen molar-refractivity contribution >= 4 is 17.1 Å². The maximum atomic E-state index is 6.91. The summed E-state index contributed by atoms with van der Waals surface area (Å²) in [6, 6.07) is 67.8. The van der Waals surface area contributed by atoms with Gasteiger partial charge in [-0.05, 0) is 104 Å². The molecule has 0 fully saturated rings. The number of nitrogens with zero attached hydrogens (tertiary/aromatic N) is 1. The predicted octanol–water partition coefficient (Wildman–Crippen LogP) is 14.2. The normalized spacial score (nSPS) is 13.0. The first-order chi connectivity index (χ1) is 26.0. The second-order valence-electron chi connectivity index (χ2n) is 14.5. The molecule has 8 aromatic rings. The van der Waals surface area contributed by atoms with Crippen molar-refractivity contribution < 1.29 is 4.74 Å². The lowest BCUT2D eigenvalue weighted by Gasteiger charge is -2.30. The molecule has 0 radical (unpaired) electrons. The maximum absolute atomic E-state index is 6.91. The fourth-order valence-electron chi connectivity index (χ4n) is 8.47. The van der Waals surface area contributed by atoms with Crippen molar-refractivity contribution in [3.63, 3.8) is 0 Å². The molecule has 0 atom stereocenters. The highest BCUT2D eigenvalue weighted by Gasteiger charge is 2.36. The number of para-hydroxylation sites is 1. The summed E-state index contributed by atoms with van der Waals surface area (Å²) in [6.45, 7) is 4.70. The van der Waals surface area contributed by atoms with Crippen molar-refractivity contribution in [3.8, 4) is 67.1 Å². The number of hydrogen-bond donors (Lipinski definition) is 0. The monoisotopic (exact) mass is 679 g/mol. The summed E-state index contributed by atoms with van der Waals surface area (Å²) in [5.41, 5.74) is 17.5. The number of hydrogen-bond acceptors (Lipinski definition) is 2. The molecule has 0 unspecified atom stereocenters. The molecule has 0 saturated heterocycles. The van der Waals surface area contributed by atoms with Crippen molar-refractivity contribution in [2.24, 2.45) is 0 Å². The van der Waals surface area contributed by atoms with Gasteiger partial charge in [-0.2, -0.15) is 0 Å². The van der Waals surface area contributed by atoms with E-state index < -0.39 is 0 Å². The Morgan fingerprint density at radius 3 is 1.75 bits per heavy atom. The highest BCUT2D eigenvalue weighted by Crippen LogP contribution is 2.55. The second-order valence-corrected chi connectivity index (χ2v) is 14.5. The lowest BCUT2D eigenvalue weighted by molar-refractivity contribution is 0.488. The Bertz CT molecular complexity index is 2670. The topological polar surface area (TPSA) is 12.5 Å². The number of fused-ring (bicyclic) bond motifs is 8. The molecular formula is C51H37NO. The minimum atomic E-state index is -0.144. The summed E-state index contributed by atoms with van der Waals surface area (Å²) < 4.78 is 6.91. The molecule has 1 heterocycles. The summed E-state index contributed by atoms with van der Waals surface area (Å²) in [5, 5.41) is 0. The largest absolute Gasteiger partial charge is 0.456 e. The SMILES string of the molecule is CC1(C)c2ccccc2-c2ccc(N(c3cccc(-c4ccccc4)c3)c3cccc4c3-c3cc(-c5ccccc5)ccc3-c3ccccc3O4)cc21. The number of rotatable bonds is 5. The average molecular weight is 680 g/mol. The summed E-state index contributed by atoms with van der Waals surface area (Å²) >= 11 is 0. The third-order valence-electron chi connectivity index (χ3n) is 11.1. The standard InChI is InChI=1S/C51H37NO/c1-51(2)45-23-11-9-21-41(45)42-30-28-39(33-46(42)51)52(38-20-13-19-36(31-38)34-15-5-3-6-16-34)47-24-14-26-49-50(47)44-32-37(35-17-7-4-8-18-35)27-29-40(44)43-22-10-12-25-48(43)53-49/h3-33H,1-2H3. The first kappa shape index (κ1) is 31.1. The van der Waals surface area contributed by atoms with Crippen LogP contribution >= 0.6 is 0 Å². The van der Waals surface area contributed by atoms with Crippen molar-refractivity contribution in [1.82, 2.24) is 0 Å². The molecule has 8 aromatic carbocycles. The zero-order valence-electron chi connectivity index (χ0n) is 29.8. The van der Waals surface area contributed by atoms with Gasteiger partial charge in [-0.1, -0.05) is 153 Å². The highest BCUT2D eigenvalue weighted by molar-refractivity contribution is 6.01. The molecule has 0 bridgehead atoms. The summed E-state index contributed by atoms with van der Waals surface area (Å²) in [5.74, 6) is 1.68. The molecule has 0 aromatic heterocycles. The van der Waals surface area contributed by atoms with Crippen molar-refractivity contribution in [2.75, 3.05) is 4.90 Å². The van der Waals surface area contributed by atoms with Crippen LogP contribution in [0.25, 0.3) is 55.6 Å². The van der Waals surface area contributed by atoms with Gasteiger partial charge in [0.25, 0.3) is 0 Å². The van der Waals surface area contributed by atoms with Crippen LogP contribution in [0.3, 0.4) is 0 Å². The van der Waals surface area contributed by atoms with Crippen LogP contribution in [0.2, 0.25) is 0 Å². The van der Waals surface area contributed by atoms with Crippen LogP contribution in [0.5, 0.6) is 11.5 Å². The van der Waals surface area contributed by atoms with E-state index in [1.165, 1.54) is 44.5 Å². The van der Waals surface area contributed by atoms with Crippen LogP contribution < -0.4 is 9.64 Å². The molecular weight excluding hydrogens is 643 g/mol. The molecule has 1 aliphatic carbocycles. The molecule has 10 rings (SSSR count). The van der Waals surface area contributed by atoms with Crippen molar-refractivity contribution in [1.29, 1.82) is 0 Å². The lowest BCUT2D eigenvalue weighted by atomic mass is 9.82. The molecule has 53 heavy (non-hydrogen) atoms. The predicted molar refractivity (Wildman–Crippen MR) is 221 cm³/mol. The molecule has 0 amide bonds. The summed E-state index contributed by atoms with van der Waals surface area (Å²) in [6.07, 6.45) is 0. The van der Waals surface area contributed by atoms with Crippen molar-refractivity contribution in [2.45, 2.75) is 19.3 Å². The van der Waals surface area contributed by atoms with Gasteiger partial charge in [-0.25, -0.2) is 0 Å². The van der Waals surface area contributed by atoms with Gasteiger partial charge in [0.1, 0.15) is 11.5 Å². The van der Waals surface area contributed by atoms with Gasteiger partial charge >= 0.3 is 0 Å². The third kappa shape index (κ3) is 5.10. The van der Waals surface area contributed by atoms with Gasteiger partial charge in [0, 0.05) is 27.9 Å². The smallest absolute Gasteiger partial charge is 0.137 e. The highest BCUT2D eigenvalue weighted by atomic mass is 16.5. The third-order valence-corrected chi connectivity index (χ3v) is 11.1. The maximum Gasteiger partial charge on any atom is 0.137 e. The van der Waals surface area contributed by atoms with Gasteiger partial charge < -0.3 is 9.64 Å². The molecule has 0 spiro atoms. The Morgan fingerprint density at radius 2 is 0.962 bits per heavy atom. The van der Waals surface area contributed by atoms with Crippen LogP contribution in [-0.4, -0.2) is 0 Å². The second kappa shape index (κ2) is 12.3. The van der Waals surface area contributed by atoms with Gasteiger partial charge in [0.15, 0.2) is 0 Å². The fourth-order valence-corrected chi connectivity index (χ4v) is 8.47. The van der Waals surface area contributed by atoms with E-state index in [2.05, 4.69) is 207 Å². The van der Waals surface area contributed by atoms with Crippen LogP contribution in [0.15, 0.2) is 188 Å². The fraction of sp³-hybridized carbons (Fsp3) is 0.0588. The van der Waals surface area contributed by atoms with E-state index in [0.29, 0.717) is 0 Å². The van der Waals surface area contributed by atoms with E-state index in [4.69, 9.17) is 4.74 Å². The number of ether oxygens (including phenoxy) is 1. The van der Waals surface area contributed by atoms with E-state index in [9.17, 15) is 0 Å². The number of benzene rings is 8. The Hall–Kier alpha value is -6.64. The Balaban J connectivity index is 1.25. The van der Waals surface area contributed by atoms with Gasteiger partial charge in [-0.3, -0.25) is 0 Å². The molecule has 0 N–H and O–H groups in total. The van der Waals surface area contributed by atoms with Gasteiger partial charge in [0.05, 0.1) is 5.69 Å². The molecule has 2 aliphatic rings. The summed E-state index contributed by atoms with van der Waals surface area (Å²) in [4.78, 5) is 2.43. The minimum absolute atomic E-state index is 0.144. The van der Waals surface area contributed by atoms with E-state index in [0.717, 1.165) is 50.8 Å². The zero-order chi connectivity index (χ0) is 35.5. The van der Waals surface area contributed by atoms with Crippen molar-refractivity contribution in [3.05, 3.63) is 199 Å². The molecule has 2 nitrogen and oxygen atoms in total. The first-order valence-electron chi connectivity index (χ1n) is 18.3. The van der Waals surface area contributed by atoms with E-state index in [1.54, 1.807) is 0 Å². The summed E-state index contributed by atoms with van der Waals surface area (Å²) in [7, 11) is 0. The van der Waals surface area contributed by atoms with Crippen LogP contribution in [0, 0.1) is 0 Å². The van der Waals surface area contributed by atoms with E-state index in [1.807, 2.05) is 0 Å². The van der Waals surface area contributed by atoms with Gasteiger partial charge in [-0.15, -0.1) is 0 Å². The molecule has 0 saturated carbocycles.